The van der Waals surface area contributed by atoms with Gasteiger partial charge in [0.2, 0.25) is 0 Å². The number of benzene rings is 1. The number of imidazole rings is 1. The van der Waals surface area contributed by atoms with Crippen LogP contribution in [0.5, 0.6) is 5.75 Å². The van der Waals surface area contributed by atoms with Gasteiger partial charge in [-0.3, -0.25) is 4.98 Å². The van der Waals surface area contributed by atoms with E-state index in [0.717, 1.165) is 24.8 Å². The van der Waals surface area contributed by atoms with Crippen molar-refractivity contribution >= 4 is 16.9 Å². The van der Waals surface area contributed by atoms with Gasteiger partial charge in [-0.1, -0.05) is 0 Å². The Morgan fingerprint density at radius 2 is 2.07 bits per heavy atom. The number of nitrogens with one attached hydrogen (secondary N) is 1. The fourth-order valence-corrected chi connectivity index (χ4v) is 4.56. The Balaban J connectivity index is 1.42. The molecule has 7 nitrogen and oxygen atoms in total. The predicted octanol–water partition coefficient (Wildman–Crippen LogP) is 2.40. The molecule has 2 saturated heterocycles. The summed E-state index contributed by atoms with van der Waals surface area (Å²) >= 11 is 0. The van der Waals surface area contributed by atoms with E-state index in [4.69, 9.17) is 0 Å². The van der Waals surface area contributed by atoms with Crippen molar-refractivity contribution in [1.29, 1.82) is 0 Å². The molecule has 3 aromatic rings. The number of rotatable bonds is 3. The fourth-order valence-electron chi connectivity index (χ4n) is 4.56. The number of aromatic nitrogens is 4. The first-order valence-electron chi connectivity index (χ1n) is 9.61. The van der Waals surface area contributed by atoms with Crippen molar-refractivity contribution < 1.29 is 9.50 Å². The maximum atomic E-state index is 14.8. The molecule has 1 unspecified atom stereocenters. The number of phenolic OH excluding ortho intramolecular Hbond substituents is 1. The van der Waals surface area contributed by atoms with E-state index < -0.39 is 6.17 Å². The summed E-state index contributed by atoms with van der Waals surface area (Å²) in [6, 6.07) is 3.85. The van der Waals surface area contributed by atoms with Gasteiger partial charge in [0.15, 0.2) is 5.75 Å². The summed E-state index contributed by atoms with van der Waals surface area (Å²) in [4.78, 5) is 15.1. The zero-order valence-electron chi connectivity index (χ0n) is 15.9. The Kier molecular flexibility index (Phi) is 3.97. The molecule has 0 radical (unpaired) electrons. The highest BCUT2D eigenvalue weighted by Gasteiger charge is 2.43. The van der Waals surface area contributed by atoms with Crippen LogP contribution < -0.4 is 10.2 Å². The van der Waals surface area contributed by atoms with Crippen LogP contribution in [-0.2, 0) is 7.05 Å². The number of aromatic hydroxyl groups is 1. The number of piperidine rings is 1. The lowest BCUT2D eigenvalue weighted by Gasteiger charge is -2.38. The Hall–Kier alpha value is -2.74. The molecule has 0 aliphatic carbocycles. The fraction of sp³-hybridized carbons (Fsp3) is 0.450. The quantitative estimate of drug-likeness (QED) is 0.724. The zero-order valence-corrected chi connectivity index (χ0v) is 15.9. The maximum absolute atomic E-state index is 14.8. The molecule has 2 aliphatic rings. The van der Waals surface area contributed by atoms with Crippen LogP contribution in [0.3, 0.4) is 0 Å². The second-order valence-corrected chi connectivity index (χ2v) is 7.85. The SMILES string of the molecule is CN(c1cnc(-c2ccc3c(ncn3C)c2O)cn1)[C@@H]1CC2CC[C@H](N2)[C@@H]1F. The molecule has 2 bridgehead atoms. The van der Waals surface area contributed by atoms with Gasteiger partial charge in [0.1, 0.15) is 17.5 Å². The van der Waals surface area contributed by atoms with Gasteiger partial charge >= 0.3 is 0 Å². The van der Waals surface area contributed by atoms with E-state index in [1.807, 2.05) is 35.7 Å². The molecule has 5 rings (SSSR count). The van der Waals surface area contributed by atoms with Gasteiger partial charge in [-0.05, 0) is 31.4 Å². The van der Waals surface area contributed by atoms with Crippen LogP contribution in [0.1, 0.15) is 19.3 Å². The molecule has 0 amide bonds. The molecule has 0 saturated carbocycles. The third kappa shape index (κ3) is 2.63. The highest BCUT2D eigenvalue weighted by atomic mass is 19.1. The number of aryl methyl sites for hydroxylation is 1. The lowest BCUT2D eigenvalue weighted by Crippen LogP contribution is -2.55. The Labute approximate surface area is 162 Å². The first-order valence-corrected chi connectivity index (χ1v) is 9.61. The smallest absolute Gasteiger partial charge is 0.152 e. The zero-order chi connectivity index (χ0) is 19.4. The summed E-state index contributed by atoms with van der Waals surface area (Å²) in [7, 11) is 3.76. The molecule has 146 valence electrons. The first-order chi connectivity index (χ1) is 13.5. The highest BCUT2D eigenvalue weighted by molar-refractivity contribution is 5.89. The van der Waals surface area contributed by atoms with Crippen molar-refractivity contribution in [2.75, 3.05) is 11.9 Å². The van der Waals surface area contributed by atoms with Crippen molar-refractivity contribution in [2.24, 2.45) is 7.05 Å². The summed E-state index contributed by atoms with van der Waals surface area (Å²) in [5.74, 6) is 0.725. The highest BCUT2D eigenvalue weighted by Crippen LogP contribution is 2.35. The van der Waals surface area contributed by atoms with Crippen LogP contribution >= 0.6 is 0 Å². The molecular weight excluding hydrogens is 359 g/mol. The summed E-state index contributed by atoms with van der Waals surface area (Å²) < 4.78 is 16.7. The van der Waals surface area contributed by atoms with Gasteiger partial charge in [0.05, 0.1) is 36.0 Å². The molecule has 1 aromatic carbocycles. The number of alkyl halides is 1. The number of phenols is 1. The number of hydrogen-bond donors (Lipinski definition) is 2. The van der Waals surface area contributed by atoms with Gasteiger partial charge in [0.25, 0.3) is 0 Å². The van der Waals surface area contributed by atoms with E-state index in [1.165, 1.54) is 0 Å². The lowest BCUT2D eigenvalue weighted by atomic mass is 9.96. The lowest BCUT2D eigenvalue weighted by molar-refractivity contribution is 0.176. The molecule has 2 N–H and O–H groups in total. The van der Waals surface area contributed by atoms with E-state index in [2.05, 4.69) is 20.3 Å². The first kappa shape index (κ1) is 17.4. The van der Waals surface area contributed by atoms with Gasteiger partial charge in [-0.25, -0.2) is 14.4 Å². The largest absolute Gasteiger partial charge is 0.505 e. The van der Waals surface area contributed by atoms with Crippen molar-refractivity contribution in [2.45, 2.75) is 43.6 Å². The Morgan fingerprint density at radius 3 is 2.86 bits per heavy atom. The Morgan fingerprint density at radius 1 is 1.21 bits per heavy atom. The average Bonchev–Trinajstić information content (AvgIpc) is 3.29. The molecule has 4 atom stereocenters. The van der Waals surface area contributed by atoms with Crippen molar-refractivity contribution in [1.82, 2.24) is 24.8 Å². The number of nitrogens with zero attached hydrogens (tertiary/aromatic N) is 5. The number of hydrogen-bond acceptors (Lipinski definition) is 6. The minimum atomic E-state index is -0.916. The molecule has 2 aliphatic heterocycles. The molecule has 2 fully saturated rings. The summed E-state index contributed by atoms with van der Waals surface area (Å²) in [5, 5.41) is 13.9. The predicted molar refractivity (Wildman–Crippen MR) is 105 cm³/mol. The van der Waals surface area contributed by atoms with Gasteiger partial charge < -0.3 is 19.9 Å². The molecule has 28 heavy (non-hydrogen) atoms. The van der Waals surface area contributed by atoms with E-state index in [0.29, 0.717) is 28.6 Å². The van der Waals surface area contributed by atoms with Crippen LogP contribution in [0.4, 0.5) is 10.2 Å². The molecular formula is C20H23FN6O. The van der Waals surface area contributed by atoms with Gasteiger partial charge in [0, 0.05) is 31.7 Å². The summed E-state index contributed by atoms with van der Waals surface area (Å²) in [6.45, 7) is 0. The monoisotopic (exact) mass is 382 g/mol. The average molecular weight is 382 g/mol. The second-order valence-electron chi connectivity index (χ2n) is 7.85. The number of halogens is 1. The van der Waals surface area contributed by atoms with Crippen LogP contribution in [0.25, 0.3) is 22.3 Å². The number of fused-ring (bicyclic) bond motifs is 3. The van der Waals surface area contributed by atoms with Crippen LogP contribution in [0.15, 0.2) is 30.9 Å². The summed E-state index contributed by atoms with van der Waals surface area (Å²) in [6.07, 6.45) is 6.73. The molecule has 8 heteroatoms. The maximum Gasteiger partial charge on any atom is 0.152 e. The molecule has 2 aromatic heterocycles. The normalized spacial score (nSPS) is 26.7. The van der Waals surface area contributed by atoms with Crippen LogP contribution in [-0.4, -0.2) is 56.0 Å². The Bertz CT molecular complexity index is 1020. The van der Waals surface area contributed by atoms with Gasteiger partial charge in [-0.15, -0.1) is 0 Å². The van der Waals surface area contributed by atoms with Crippen LogP contribution in [0, 0.1) is 0 Å². The van der Waals surface area contributed by atoms with Crippen molar-refractivity contribution in [3.8, 4) is 17.0 Å². The second kappa shape index (κ2) is 6.41. The van der Waals surface area contributed by atoms with E-state index in [-0.39, 0.29) is 17.8 Å². The topological polar surface area (TPSA) is 79.1 Å². The minimum absolute atomic E-state index is 0.0551. The van der Waals surface area contributed by atoms with Crippen molar-refractivity contribution in [3.63, 3.8) is 0 Å². The van der Waals surface area contributed by atoms with E-state index in [1.54, 1.807) is 18.7 Å². The molecule has 0 spiro atoms. The third-order valence-electron chi connectivity index (χ3n) is 6.20. The van der Waals surface area contributed by atoms with Gasteiger partial charge in [-0.2, -0.15) is 0 Å². The number of anilines is 1. The minimum Gasteiger partial charge on any atom is -0.505 e. The third-order valence-corrected chi connectivity index (χ3v) is 6.20. The standard InChI is InChI=1S/C20H23FN6O/c1-26-10-24-19-15(26)6-4-12(20(19)28)14-8-23-17(9-22-14)27(2)16-7-11-3-5-13(25-11)18(16)21/h4,6,8-11,13,16,18,25,28H,3,5,7H2,1-2H3/t11?,13-,16+,18-/m0/s1. The summed E-state index contributed by atoms with van der Waals surface area (Å²) in [5.41, 5.74) is 2.52. The van der Waals surface area contributed by atoms with Crippen molar-refractivity contribution in [3.05, 3.63) is 30.9 Å². The van der Waals surface area contributed by atoms with E-state index in [9.17, 15) is 9.50 Å². The molecule has 4 heterocycles. The van der Waals surface area contributed by atoms with Crippen LogP contribution in [0.2, 0.25) is 0 Å². The van der Waals surface area contributed by atoms with E-state index >= 15 is 0 Å².